The topological polar surface area (TPSA) is 173 Å². The van der Waals surface area contributed by atoms with E-state index in [4.69, 9.17) is 16.6 Å². The quantitative estimate of drug-likeness (QED) is 0.297. The van der Waals surface area contributed by atoms with Gasteiger partial charge in [-0.25, -0.2) is 9.98 Å². The van der Waals surface area contributed by atoms with E-state index in [1.165, 1.54) is 13.0 Å². The lowest BCUT2D eigenvalue weighted by Gasteiger charge is -2.17. The molecule has 164 valence electrons. The fourth-order valence-electron chi connectivity index (χ4n) is 2.92. The Kier molecular flexibility index (Phi) is 8.07. The molecule has 2 aromatic rings. The molecule has 0 aliphatic heterocycles. The Balaban J connectivity index is 2.12. The van der Waals surface area contributed by atoms with Crippen molar-refractivity contribution in [2.45, 2.75) is 39.2 Å². The van der Waals surface area contributed by atoms with E-state index in [2.05, 4.69) is 20.6 Å². The summed E-state index contributed by atoms with van der Waals surface area (Å²) in [6.45, 7) is 3.47. The second-order valence-corrected chi connectivity index (χ2v) is 6.82. The predicted octanol–water partition coefficient (Wildman–Crippen LogP) is 1.32. The number of aliphatic imine (C=N–C) groups is 1. The molecule has 0 fully saturated rings. The minimum Gasteiger partial charge on any atom is -0.481 e. The average molecular weight is 426 g/mol. The van der Waals surface area contributed by atoms with Crippen LogP contribution >= 0.6 is 0 Å². The highest BCUT2D eigenvalue weighted by Gasteiger charge is 2.20. The van der Waals surface area contributed by atoms with Crippen molar-refractivity contribution < 1.29 is 19.5 Å². The van der Waals surface area contributed by atoms with E-state index >= 15 is 0 Å². The molecule has 7 N–H and O–H groups in total. The van der Waals surface area contributed by atoms with Crippen molar-refractivity contribution in [3.63, 3.8) is 0 Å². The van der Waals surface area contributed by atoms with Crippen LogP contribution in [-0.2, 0) is 22.4 Å². The van der Waals surface area contributed by atoms with Gasteiger partial charge in [0.25, 0.3) is 5.91 Å². The van der Waals surface area contributed by atoms with Crippen molar-refractivity contribution >= 4 is 35.2 Å². The fourth-order valence-corrected chi connectivity index (χ4v) is 2.92. The van der Waals surface area contributed by atoms with E-state index in [1.807, 2.05) is 6.92 Å². The van der Waals surface area contributed by atoms with Gasteiger partial charge in [0.2, 0.25) is 5.91 Å². The zero-order chi connectivity index (χ0) is 23.0. The van der Waals surface area contributed by atoms with Crippen LogP contribution < -0.4 is 22.1 Å². The van der Waals surface area contributed by atoms with Gasteiger partial charge in [0.1, 0.15) is 11.9 Å². The number of nitrogens with two attached hydrogens (primary N) is 2. The number of rotatable bonds is 9. The Morgan fingerprint density at radius 1 is 1.23 bits per heavy atom. The second kappa shape index (κ2) is 10.7. The molecule has 0 saturated heterocycles. The summed E-state index contributed by atoms with van der Waals surface area (Å²) in [4.78, 5) is 44.2. The lowest BCUT2D eigenvalue weighted by Crippen LogP contribution is -2.41. The lowest BCUT2D eigenvalue weighted by molar-refractivity contribution is -0.137. The van der Waals surface area contributed by atoms with Gasteiger partial charge in [0.05, 0.1) is 5.69 Å². The molecule has 1 aromatic heterocycles. The van der Waals surface area contributed by atoms with Gasteiger partial charge < -0.3 is 27.2 Å². The molecule has 10 nitrogen and oxygen atoms in total. The molecule has 0 aliphatic rings. The first-order chi connectivity index (χ1) is 14.7. The van der Waals surface area contributed by atoms with E-state index in [-0.39, 0.29) is 24.4 Å². The normalized spacial score (nSPS) is 11.3. The van der Waals surface area contributed by atoms with Gasteiger partial charge in [0, 0.05) is 18.2 Å². The number of pyridine rings is 1. The van der Waals surface area contributed by atoms with Crippen LogP contribution in [-0.4, -0.2) is 39.9 Å². The zero-order valence-electron chi connectivity index (χ0n) is 17.4. The van der Waals surface area contributed by atoms with E-state index in [0.29, 0.717) is 23.5 Å². The standard InChI is InChI=1S/C21H26N6O4/c1-3-13-9-10-24-18(16(13)7-8-17(28)29)27-19(30)12(2)25-20(31)14-5-4-6-15(11-14)26-21(22)23/h4-6,9-12H,3,7-8H2,1-2H3,(H,25,31)(H,28,29)(H4,22,23,26)(H,24,27,30). The number of anilines is 1. The average Bonchev–Trinajstić information content (AvgIpc) is 2.72. The highest BCUT2D eigenvalue weighted by atomic mass is 16.4. The zero-order valence-corrected chi connectivity index (χ0v) is 17.4. The van der Waals surface area contributed by atoms with Crippen molar-refractivity contribution in [1.82, 2.24) is 10.3 Å². The molecule has 0 spiro atoms. The number of aromatic nitrogens is 1. The van der Waals surface area contributed by atoms with Gasteiger partial charge in [0.15, 0.2) is 5.96 Å². The molecule has 0 aliphatic carbocycles. The number of aliphatic carboxylic acids is 1. The number of benzene rings is 1. The Morgan fingerprint density at radius 2 is 1.97 bits per heavy atom. The van der Waals surface area contributed by atoms with E-state index < -0.39 is 23.8 Å². The van der Waals surface area contributed by atoms with E-state index in [0.717, 1.165) is 5.56 Å². The van der Waals surface area contributed by atoms with Crippen LogP contribution in [0.4, 0.5) is 11.5 Å². The van der Waals surface area contributed by atoms with Gasteiger partial charge in [-0.3, -0.25) is 14.4 Å². The first-order valence-electron chi connectivity index (χ1n) is 9.71. The smallest absolute Gasteiger partial charge is 0.303 e. The Morgan fingerprint density at radius 3 is 2.61 bits per heavy atom. The molecule has 10 heteroatoms. The van der Waals surface area contributed by atoms with Gasteiger partial charge >= 0.3 is 5.97 Å². The first kappa shape index (κ1) is 23.3. The maximum atomic E-state index is 12.6. The minimum absolute atomic E-state index is 0.0833. The molecule has 1 atom stereocenters. The Hall–Kier alpha value is -3.95. The first-order valence-corrected chi connectivity index (χ1v) is 9.71. The van der Waals surface area contributed by atoms with E-state index in [1.54, 1.807) is 30.5 Å². The van der Waals surface area contributed by atoms with Crippen LogP contribution in [0.2, 0.25) is 0 Å². The summed E-state index contributed by atoms with van der Waals surface area (Å²) in [6, 6.07) is 7.24. The van der Waals surface area contributed by atoms with Crippen molar-refractivity contribution in [2.75, 3.05) is 5.32 Å². The molecule has 0 saturated carbocycles. The van der Waals surface area contributed by atoms with Gasteiger partial charge in [-0.1, -0.05) is 13.0 Å². The molecule has 0 radical (unpaired) electrons. The minimum atomic E-state index is -0.938. The van der Waals surface area contributed by atoms with Crippen molar-refractivity contribution in [2.24, 2.45) is 16.5 Å². The number of carbonyl (C=O) groups excluding carboxylic acids is 2. The van der Waals surface area contributed by atoms with Crippen LogP contribution in [0.5, 0.6) is 0 Å². The number of amides is 2. The SMILES string of the molecule is CCc1ccnc(NC(=O)C(C)NC(=O)c2cccc(N=C(N)N)c2)c1CCC(=O)O. The van der Waals surface area contributed by atoms with Gasteiger partial charge in [-0.2, -0.15) is 0 Å². The highest BCUT2D eigenvalue weighted by molar-refractivity contribution is 6.01. The number of nitrogens with zero attached hydrogens (tertiary/aromatic N) is 2. The van der Waals surface area contributed by atoms with Crippen molar-refractivity contribution in [3.8, 4) is 0 Å². The van der Waals surface area contributed by atoms with Crippen LogP contribution in [0.15, 0.2) is 41.5 Å². The third kappa shape index (κ3) is 6.81. The molecule has 1 unspecified atom stereocenters. The number of nitrogens with one attached hydrogen (secondary N) is 2. The summed E-state index contributed by atoms with van der Waals surface area (Å²) < 4.78 is 0. The number of carbonyl (C=O) groups is 3. The summed E-state index contributed by atoms with van der Waals surface area (Å²) in [7, 11) is 0. The third-order valence-corrected chi connectivity index (χ3v) is 4.47. The highest BCUT2D eigenvalue weighted by Crippen LogP contribution is 2.20. The van der Waals surface area contributed by atoms with Crippen molar-refractivity contribution in [1.29, 1.82) is 0 Å². The molecule has 0 bridgehead atoms. The summed E-state index contributed by atoms with van der Waals surface area (Å²) in [5, 5.41) is 14.3. The largest absolute Gasteiger partial charge is 0.481 e. The maximum absolute atomic E-state index is 12.6. The van der Waals surface area contributed by atoms with Crippen LogP contribution in [0.1, 0.15) is 41.8 Å². The molecule has 1 aromatic carbocycles. The number of aryl methyl sites for hydroxylation is 1. The second-order valence-electron chi connectivity index (χ2n) is 6.82. The number of hydrogen-bond donors (Lipinski definition) is 5. The fraction of sp³-hybridized carbons (Fsp3) is 0.286. The number of hydrogen-bond acceptors (Lipinski definition) is 5. The number of guanidine groups is 1. The van der Waals surface area contributed by atoms with Crippen LogP contribution in [0.25, 0.3) is 0 Å². The van der Waals surface area contributed by atoms with Crippen LogP contribution in [0, 0.1) is 0 Å². The maximum Gasteiger partial charge on any atom is 0.303 e. The number of carboxylic acids is 1. The molecular formula is C21H26N6O4. The predicted molar refractivity (Wildman–Crippen MR) is 117 cm³/mol. The van der Waals surface area contributed by atoms with E-state index in [9.17, 15) is 14.4 Å². The Bertz CT molecular complexity index is 1000. The van der Waals surface area contributed by atoms with Crippen LogP contribution in [0.3, 0.4) is 0 Å². The molecule has 2 rings (SSSR count). The third-order valence-electron chi connectivity index (χ3n) is 4.47. The summed E-state index contributed by atoms with van der Waals surface area (Å²) in [6.07, 6.45) is 2.37. The molecular weight excluding hydrogens is 400 g/mol. The summed E-state index contributed by atoms with van der Waals surface area (Å²) >= 11 is 0. The van der Waals surface area contributed by atoms with Crippen molar-refractivity contribution in [3.05, 3.63) is 53.2 Å². The summed E-state index contributed by atoms with van der Waals surface area (Å²) in [5.41, 5.74) is 13.0. The lowest BCUT2D eigenvalue weighted by atomic mass is 10.0. The monoisotopic (exact) mass is 426 g/mol. The van der Waals surface area contributed by atoms with Gasteiger partial charge in [-0.05, 0) is 55.2 Å². The number of carboxylic acid groups (broad SMARTS) is 1. The summed E-state index contributed by atoms with van der Waals surface area (Å²) in [5.74, 6) is -1.73. The Labute approximate surface area is 179 Å². The molecule has 1 heterocycles. The molecule has 2 amide bonds. The van der Waals surface area contributed by atoms with Gasteiger partial charge in [-0.15, -0.1) is 0 Å². The molecule has 31 heavy (non-hydrogen) atoms.